The molecule has 3 N–H and O–H groups in total. The van der Waals surface area contributed by atoms with Gasteiger partial charge >= 0.3 is 0 Å². The van der Waals surface area contributed by atoms with Gasteiger partial charge in [-0.05, 0) is 44.4 Å². The molecule has 5 heteroatoms. The van der Waals surface area contributed by atoms with Crippen LogP contribution in [0.3, 0.4) is 0 Å². The summed E-state index contributed by atoms with van der Waals surface area (Å²) in [5.74, 6) is -0.319. The van der Waals surface area contributed by atoms with E-state index in [1.807, 2.05) is 4.90 Å². The first kappa shape index (κ1) is 14.2. The second-order valence-electron chi connectivity index (χ2n) is 6.04. The van der Waals surface area contributed by atoms with Crippen molar-refractivity contribution in [3.8, 4) is 11.5 Å². The van der Waals surface area contributed by atoms with Gasteiger partial charge in [-0.25, -0.2) is 0 Å². The van der Waals surface area contributed by atoms with Crippen molar-refractivity contribution in [2.45, 2.75) is 44.2 Å². The number of nitrogens with zero attached hydrogens (tertiary/aromatic N) is 1. The number of carbonyl (C=O) groups excluding carboxylic acids is 1. The second-order valence-corrected chi connectivity index (χ2v) is 6.04. The number of rotatable bonds is 4. The molecule has 0 aromatic heterocycles. The lowest BCUT2D eigenvalue weighted by Gasteiger charge is -2.31. The highest BCUT2D eigenvalue weighted by atomic mass is 16.3. The largest absolute Gasteiger partial charge is 0.508 e. The summed E-state index contributed by atoms with van der Waals surface area (Å²) >= 11 is 0. The van der Waals surface area contributed by atoms with Crippen LogP contribution in [0.1, 0.15) is 42.5 Å². The van der Waals surface area contributed by atoms with E-state index in [2.05, 4.69) is 5.32 Å². The molecule has 3 rings (SSSR count). The molecule has 1 saturated carbocycles. The Bertz CT molecular complexity index is 522. The van der Waals surface area contributed by atoms with E-state index < -0.39 is 0 Å². The Morgan fingerprint density at radius 3 is 2.67 bits per heavy atom. The topological polar surface area (TPSA) is 72.8 Å². The van der Waals surface area contributed by atoms with Crippen molar-refractivity contribution in [2.24, 2.45) is 0 Å². The fourth-order valence-electron chi connectivity index (χ4n) is 2.96. The summed E-state index contributed by atoms with van der Waals surface area (Å²) in [6.07, 6.45) is 5.58. The van der Waals surface area contributed by atoms with Crippen LogP contribution in [-0.2, 0) is 0 Å². The molecule has 1 unspecified atom stereocenters. The first-order valence-corrected chi connectivity index (χ1v) is 7.71. The van der Waals surface area contributed by atoms with E-state index in [4.69, 9.17) is 0 Å². The van der Waals surface area contributed by atoms with Crippen molar-refractivity contribution in [3.63, 3.8) is 0 Å². The SMILES string of the molecule is O=C(c1ccc(O)cc1O)N(CC1CCCCN1)C1CC1. The second kappa shape index (κ2) is 5.93. The van der Waals surface area contributed by atoms with Gasteiger partial charge in [0.1, 0.15) is 11.5 Å². The van der Waals surface area contributed by atoms with Crippen LogP contribution in [0.5, 0.6) is 11.5 Å². The maximum atomic E-state index is 12.7. The van der Waals surface area contributed by atoms with Crippen LogP contribution in [0.4, 0.5) is 0 Å². The number of nitrogens with one attached hydrogen (secondary N) is 1. The van der Waals surface area contributed by atoms with Gasteiger partial charge < -0.3 is 20.4 Å². The summed E-state index contributed by atoms with van der Waals surface area (Å²) in [6, 6.07) is 4.81. The summed E-state index contributed by atoms with van der Waals surface area (Å²) in [4.78, 5) is 14.6. The minimum absolute atomic E-state index is 0.0315. The Kier molecular flexibility index (Phi) is 4.01. The average Bonchev–Trinajstić information content (AvgIpc) is 3.30. The van der Waals surface area contributed by atoms with Crippen molar-refractivity contribution in [1.29, 1.82) is 0 Å². The highest BCUT2D eigenvalue weighted by Crippen LogP contribution is 2.31. The van der Waals surface area contributed by atoms with Gasteiger partial charge in [-0.15, -0.1) is 0 Å². The van der Waals surface area contributed by atoms with Crippen molar-refractivity contribution in [3.05, 3.63) is 23.8 Å². The third-order valence-electron chi connectivity index (χ3n) is 4.29. The van der Waals surface area contributed by atoms with E-state index in [0.717, 1.165) is 25.8 Å². The van der Waals surface area contributed by atoms with Gasteiger partial charge in [0.05, 0.1) is 5.56 Å². The third kappa shape index (κ3) is 3.29. The van der Waals surface area contributed by atoms with E-state index in [0.29, 0.717) is 18.6 Å². The molecule has 2 fully saturated rings. The minimum atomic E-state index is -0.151. The zero-order valence-electron chi connectivity index (χ0n) is 12.1. The van der Waals surface area contributed by atoms with E-state index >= 15 is 0 Å². The predicted octanol–water partition coefficient (Wildman–Crippen LogP) is 1.84. The quantitative estimate of drug-likeness (QED) is 0.791. The van der Waals surface area contributed by atoms with Gasteiger partial charge in [0.2, 0.25) is 0 Å². The summed E-state index contributed by atoms with van der Waals surface area (Å²) in [5.41, 5.74) is 0.274. The third-order valence-corrected chi connectivity index (χ3v) is 4.29. The first-order valence-electron chi connectivity index (χ1n) is 7.71. The molecule has 1 aliphatic carbocycles. The Balaban J connectivity index is 1.75. The summed E-state index contributed by atoms with van der Waals surface area (Å²) in [5, 5.41) is 22.7. The molecule has 0 radical (unpaired) electrons. The van der Waals surface area contributed by atoms with Crippen LogP contribution in [0.25, 0.3) is 0 Å². The maximum absolute atomic E-state index is 12.7. The molecule has 1 aromatic carbocycles. The summed E-state index contributed by atoms with van der Waals surface area (Å²) < 4.78 is 0. The van der Waals surface area contributed by atoms with E-state index in [1.165, 1.54) is 31.0 Å². The Hall–Kier alpha value is -1.75. The van der Waals surface area contributed by atoms with Crippen molar-refractivity contribution in [1.82, 2.24) is 10.2 Å². The Morgan fingerprint density at radius 2 is 2.05 bits per heavy atom. The lowest BCUT2D eigenvalue weighted by Crippen LogP contribution is -2.46. The van der Waals surface area contributed by atoms with Crippen molar-refractivity contribution < 1.29 is 15.0 Å². The number of aromatic hydroxyl groups is 2. The molecule has 1 aliphatic heterocycles. The normalized spacial score (nSPS) is 22.0. The standard InChI is InChI=1S/C16H22N2O3/c19-13-6-7-14(15(20)9-13)16(21)18(12-4-5-12)10-11-3-1-2-8-17-11/h6-7,9,11-12,17,19-20H,1-5,8,10H2. The van der Waals surface area contributed by atoms with Gasteiger partial charge in [-0.2, -0.15) is 0 Å². The fourth-order valence-corrected chi connectivity index (χ4v) is 2.96. The molecule has 1 heterocycles. The number of hydrogen-bond donors (Lipinski definition) is 3. The number of hydrogen-bond acceptors (Lipinski definition) is 4. The highest BCUT2D eigenvalue weighted by molar-refractivity contribution is 5.97. The van der Waals surface area contributed by atoms with Crippen LogP contribution in [0, 0.1) is 0 Å². The summed E-state index contributed by atoms with van der Waals surface area (Å²) in [7, 11) is 0. The van der Waals surface area contributed by atoms with Gasteiger partial charge in [0, 0.05) is 24.7 Å². The molecular formula is C16H22N2O3. The zero-order chi connectivity index (χ0) is 14.8. The number of phenolic OH excluding ortho intramolecular Hbond substituents is 2. The molecule has 1 amide bonds. The smallest absolute Gasteiger partial charge is 0.257 e. The summed E-state index contributed by atoms with van der Waals surface area (Å²) in [6.45, 7) is 1.71. The fraction of sp³-hybridized carbons (Fsp3) is 0.562. The lowest BCUT2D eigenvalue weighted by molar-refractivity contribution is 0.0715. The number of amides is 1. The molecule has 1 aromatic rings. The zero-order valence-corrected chi connectivity index (χ0v) is 12.1. The van der Waals surface area contributed by atoms with E-state index in [1.54, 1.807) is 0 Å². The van der Waals surface area contributed by atoms with Crippen LogP contribution >= 0.6 is 0 Å². The van der Waals surface area contributed by atoms with Crippen LogP contribution in [0.2, 0.25) is 0 Å². The van der Waals surface area contributed by atoms with Crippen LogP contribution in [-0.4, -0.2) is 46.2 Å². The van der Waals surface area contributed by atoms with Crippen molar-refractivity contribution >= 4 is 5.91 Å². The molecule has 1 atom stereocenters. The molecule has 5 nitrogen and oxygen atoms in total. The number of benzene rings is 1. The monoisotopic (exact) mass is 290 g/mol. The van der Waals surface area contributed by atoms with Crippen LogP contribution < -0.4 is 5.32 Å². The maximum Gasteiger partial charge on any atom is 0.257 e. The lowest BCUT2D eigenvalue weighted by atomic mass is 10.0. The molecular weight excluding hydrogens is 268 g/mol. The highest BCUT2D eigenvalue weighted by Gasteiger charge is 2.35. The van der Waals surface area contributed by atoms with Gasteiger partial charge in [-0.1, -0.05) is 6.42 Å². The Morgan fingerprint density at radius 1 is 1.24 bits per heavy atom. The van der Waals surface area contributed by atoms with Crippen molar-refractivity contribution in [2.75, 3.05) is 13.1 Å². The van der Waals surface area contributed by atoms with E-state index in [-0.39, 0.29) is 23.0 Å². The molecule has 1 saturated heterocycles. The van der Waals surface area contributed by atoms with Crippen LogP contribution in [0.15, 0.2) is 18.2 Å². The molecule has 2 aliphatic rings. The Labute approximate surface area is 124 Å². The van der Waals surface area contributed by atoms with Gasteiger partial charge in [0.15, 0.2) is 0 Å². The number of piperidine rings is 1. The molecule has 114 valence electrons. The minimum Gasteiger partial charge on any atom is -0.508 e. The molecule has 21 heavy (non-hydrogen) atoms. The van der Waals surface area contributed by atoms with Gasteiger partial charge in [-0.3, -0.25) is 4.79 Å². The van der Waals surface area contributed by atoms with E-state index in [9.17, 15) is 15.0 Å². The number of phenols is 2. The van der Waals surface area contributed by atoms with Gasteiger partial charge in [0.25, 0.3) is 5.91 Å². The number of carbonyl (C=O) groups is 1. The first-order chi connectivity index (χ1) is 10.1. The molecule has 0 bridgehead atoms. The molecule has 0 spiro atoms. The average molecular weight is 290 g/mol. The predicted molar refractivity (Wildman–Crippen MR) is 79.5 cm³/mol.